The molecule has 5 rings (SSSR count). The number of nitrogens with zero attached hydrogens (tertiary/aromatic N) is 5. The van der Waals surface area contributed by atoms with E-state index >= 15 is 0 Å². The van der Waals surface area contributed by atoms with Crippen molar-refractivity contribution >= 4 is 28.0 Å². The maximum absolute atomic E-state index is 13.2. The van der Waals surface area contributed by atoms with Gasteiger partial charge in [-0.3, -0.25) is 15.1 Å². The van der Waals surface area contributed by atoms with Crippen molar-refractivity contribution in [2.75, 3.05) is 5.32 Å². The van der Waals surface area contributed by atoms with Crippen molar-refractivity contribution in [3.63, 3.8) is 0 Å². The van der Waals surface area contributed by atoms with Crippen LogP contribution in [0.15, 0.2) is 72.4 Å². The van der Waals surface area contributed by atoms with E-state index in [0.717, 1.165) is 11.3 Å². The topological polar surface area (TPSA) is 85.1 Å². The molecule has 0 fully saturated rings. The molecule has 1 aromatic carbocycles. The highest BCUT2D eigenvalue weighted by atomic mass is 32.1. The molecule has 9 heteroatoms. The summed E-state index contributed by atoms with van der Waals surface area (Å²) in [4.78, 5) is 25.6. The average molecular weight is 416 g/mol. The number of benzene rings is 1. The van der Waals surface area contributed by atoms with Gasteiger partial charge in [0.05, 0.1) is 11.4 Å². The highest BCUT2D eigenvalue weighted by molar-refractivity contribution is 7.14. The Morgan fingerprint density at radius 1 is 1.00 bits per heavy atom. The Morgan fingerprint density at radius 3 is 2.67 bits per heavy atom. The predicted octanol–water partition coefficient (Wildman–Crippen LogP) is 4.31. The minimum absolute atomic E-state index is 0.201. The lowest BCUT2D eigenvalue weighted by molar-refractivity contribution is 0.102. The van der Waals surface area contributed by atoms with E-state index in [-0.39, 0.29) is 11.5 Å². The summed E-state index contributed by atoms with van der Waals surface area (Å²) in [6.45, 7) is 0. The van der Waals surface area contributed by atoms with Crippen molar-refractivity contribution in [2.24, 2.45) is 0 Å². The molecule has 1 N–H and O–H groups in total. The van der Waals surface area contributed by atoms with Crippen LogP contribution in [0.2, 0.25) is 0 Å². The van der Waals surface area contributed by atoms with E-state index in [1.165, 1.54) is 23.5 Å². The number of carbonyl (C=O) groups is 1. The Bertz CT molecular complexity index is 1350. The van der Waals surface area contributed by atoms with Gasteiger partial charge in [-0.15, -0.1) is 11.3 Å². The molecule has 4 heterocycles. The van der Waals surface area contributed by atoms with Crippen LogP contribution >= 0.6 is 11.3 Å². The summed E-state index contributed by atoms with van der Waals surface area (Å²) in [5.41, 5.74) is 3.59. The van der Waals surface area contributed by atoms with E-state index in [0.29, 0.717) is 22.2 Å². The van der Waals surface area contributed by atoms with Crippen LogP contribution < -0.4 is 5.32 Å². The quantitative estimate of drug-likeness (QED) is 0.472. The van der Waals surface area contributed by atoms with Crippen molar-refractivity contribution in [1.29, 1.82) is 0 Å². The molecule has 0 saturated carbocycles. The Kier molecular flexibility index (Phi) is 4.49. The second kappa shape index (κ2) is 7.45. The molecular weight excluding hydrogens is 403 g/mol. The van der Waals surface area contributed by atoms with Gasteiger partial charge in [-0.1, -0.05) is 6.07 Å². The maximum Gasteiger partial charge on any atom is 0.278 e. The standard InChI is InChI=1S/C21H13FN6OS/c22-14-6-4-13(5-7-14)18-8-10-24-19-11-16(27-28(18)19)20(29)26-21-25-17(12-30-21)15-3-1-2-9-23-15/h1-12H,(H,25,26,29). The van der Waals surface area contributed by atoms with E-state index in [2.05, 4.69) is 25.4 Å². The van der Waals surface area contributed by atoms with Crippen molar-refractivity contribution in [3.05, 3.63) is 83.9 Å². The van der Waals surface area contributed by atoms with Gasteiger partial charge in [0.1, 0.15) is 11.5 Å². The Balaban J connectivity index is 1.43. The average Bonchev–Trinajstić information content (AvgIpc) is 3.42. The SMILES string of the molecule is O=C(Nc1nc(-c2ccccn2)cs1)c1cc2nccc(-c3ccc(F)cc3)n2n1. The Labute approximate surface area is 173 Å². The van der Waals surface area contributed by atoms with Crippen molar-refractivity contribution in [2.45, 2.75) is 0 Å². The molecule has 0 aliphatic carbocycles. The molecule has 0 aliphatic rings. The van der Waals surface area contributed by atoms with Crippen LogP contribution in [0, 0.1) is 5.82 Å². The molecular formula is C21H13FN6OS. The van der Waals surface area contributed by atoms with E-state index in [1.807, 2.05) is 23.6 Å². The summed E-state index contributed by atoms with van der Waals surface area (Å²) in [6, 6.07) is 15.0. The lowest BCUT2D eigenvalue weighted by atomic mass is 10.1. The Morgan fingerprint density at radius 2 is 1.87 bits per heavy atom. The second-order valence-electron chi connectivity index (χ2n) is 6.34. The third kappa shape index (κ3) is 3.42. The van der Waals surface area contributed by atoms with E-state index < -0.39 is 5.91 Å². The monoisotopic (exact) mass is 416 g/mol. The number of anilines is 1. The van der Waals surface area contributed by atoms with Crippen LogP contribution in [0.3, 0.4) is 0 Å². The van der Waals surface area contributed by atoms with E-state index in [4.69, 9.17) is 0 Å². The van der Waals surface area contributed by atoms with Gasteiger partial charge in [0.2, 0.25) is 0 Å². The fourth-order valence-corrected chi connectivity index (χ4v) is 3.67. The number of hydrogen-bond acceptors (Lipinski definition) is 6. The van der Waals surface area contributed by atoms with Gasteiger partial charge in [-0.25, -0.2) is 18.9 Å². The highest BCUT2D eigenvalue weighted by Crippen LogP contribution is 2.24. The number of carbonyl (C=O) groups excluding carboxylic acids is 1. The largest absolute Gasteiger partial charge is 0.296 e. The molecule has 0 aliphatic heterocycles. The lowest BCUT2D eigenvalue weighted by Gasteiger charge is -2.04. The number of pyridine rings is 1. The fraction of sp³-hybridized carbons (Fsp3) is 0. The fourth-order valence-electron chi connectivity index (χ4n) is 2.97. The molecule has 0 unspecified atom stereocenters. The first-order chi connectivity index (χ1) is 14.7. The van der Waals surface area contributed by atoms with Crippen LogP contribution in [0.5, 0.6) is 0 Å². The van der Waals surface area contributed by atoms with Gasteiger partial charge in [0, 0.05) is 29.4 Å². The van der Waals surface area contributed by atoms with E-state index in [1.54, 1.807) is 41.2 Å². The van der Waals surface area contributed by atoms with Gasteiger partial charge in [0.15, 0.2) is 16.5 Å². The van der Waals surface area contributed by atoms with Crippen molar-refractivity contribution < 1.29 is 9.18 Å². The third-order valence-corrected chi connectivity index (χ3v) is 5.14. The number of halogens is 1. The normalized spacial score (nSPS) is 11.0. The van der Waals surface area contributed by atoms with Crippen LogP contribution in [-0.2, 0) is 0 Å². The smallest absolute Gasteiger partial charge is 0.278 e. The summed E-state index contributed by atoms with van der Waals surface area (Å²) in [5.74, 6) is -0.717. The first-order valence-electron chi connectivity index (χ1n) is 8.96. The number of thiazole rings is 1. The second-order valence-corrected chi connectivity index (χ2v) is 7.20. The van der Waals surface area contributed by atoms with Crippen LogP contribution in [-0.4, -0.2) is 30.5 Å². The molecule has 0 atom stereocenters. The maximum atomic E-state index is 13.2. The van der Waals surface area contributed by atoms with Crippen LogP contribution in [0.4, 0.5) is 9.52 Å². The summed E-state index contributed by atoms with van der Waals surface area (Å²) < 4.78 is 14.8. The number of fused-ring (bicyclic) bond motifs is 1. The number of hydrogen-bond donors (Lipinski definition) is 1. The third-order valence-electron chi connectivity index (χ3n) is 4.38. The van der Waals surface area contributed by atoms with Crippen molar-refractivity contribution in [3.8, 4) is 22.6 Å². The molecule has 146 valence electrons. The van der Waals surface area contributed by atoms with Gasteiger partial charge in [-0.2, -0.15) is 5.10 Å². The minimum atomic E-state index is -0.396. The number of amides is 1. The highest BCUT2D eigenvalue weighted by Gasteiger charge is 2.16. The number of aromatic nitrogens is 5. The van der Waals surface area contributed by atoms with Gasteiger partial charge < -0.3 is 0 Å². The summed E-state index contributed by atoms with van der Waals surface area (Å²) in [7, 11) is 0. The molecule has 0 bridgehead atoms. The van der Waals surface area contributed by atoms with Gasteiger partial charge >= 0.3 is 0 Å². The summed E-state index contributed by atoms with van der Waals surface area (Å²) in [5, 5.41) is 9.43. The zero-order valence-electron chi connectivity index (χ0n) is 15.4. The predicted molar refractivity (Wildman–Crippen MR) is 112 cm³/mol. The number of rotatable bonds is 4. The van der Waals surface area contributed by atoms with Crippen LogP contribution in [0.1, 0.15) is 10.5 Å². The molecule has 0 spiro atoms. The zero-order chi connectivity index (χ0) is 20.5. The minimum Gasteiger partial charge on any atom is -0.296 e. The van der Waals surface area contributed by atoms with Crippen molar-refractivity contribution in [1.82, 2.24) is 24.6 Å². The molecule has 1 amide bonds. The lowest BCUT2D eigenvalue weighted by Crippen LogP contribution is -2.12. The van der Waals surface area contributed by atoms with E-state index in [9.17, 15) is 9.18 Å². The van der Waals surface area contributed by atoms with Crippen LogP contribution in [0.25, 0.3) is 28.3 Å². The molecule has 0 saturated heterocycles. The van der Waals surface area contributed by atoms with Gasteiger partial charge in [0.25, 0.3) is 5.91 Å². The molecule has 7 nitrogen and oxygen atoms in total. The Hall–Kier alpha value is -3.98. The first-order valence-corrected chi connectivity index (χ1v) is 9.84. The zero-order valence-corrected chi connectivity index (χ0v) is 16.2. The molecule has 4 aromatic heterocycles. The molecule has 5 aromatic rings. The first kappa shape index (κ1) is 18.1. The summed E-state index contributed by atoms with van der Waals surface area (Å²) >= 11 is 1.31. The molecule has 0 radical (unpaired) electrons. The molecule has 30 heavy (non-hydrogen) atoms. The summed E-state index contributed by atoms with van der Waals surface area (Å²) in [6.07, 6.45) is 3.31. The number of nitrogens with one attached hydrogen (secondary N) is 1. The van der Waals surface area contributed by atoms with Gasteiger partial charge in [-0.05, 0) is 42.5 Å².